The maximum atomic E-state index is 13.8. The number of alkyl halides is 3. The van der Waals surface area contributed by atoms with Crippen LogP contribution in [0.1, 0.15) is 53.0 Å². The highest BCUT2D eigenvalue weighted by atomic mass is 19.4. The summed E-state index contributed by atoms with van der Waals surface area (Å²) in [5, 5.41) is 6.00. The van der Waals surface area contributed by atoms with Gasteiger partial charge in [-0.2, -0.15) is 13.2 Å². The van der Waals surface area contributed by atoms with Crippen molar-refractivity contribution < 1.29 is 31.8 Å². The molecule has 0 bridgehead atoms. The average Bonchev–Trinajstić information content (AvgIpc) is 3.44. The normalized spacial score (nSPS) is 14.0. The summed E-state index contributed by atoms with van der Waals surface area (Å²) in [5.41, 5.74) is -0.484. The minimum Gasteiger partial charge on any atom is -0.497 e. The van der Waals surface area contributed by atoms with E-state index in [9.17, 15) is 22.4 Å². The molecule has 1 aromatic heterocycles. The van der Waals surface area contributed by atoms with Crippen LogP contribution in [0, 0.1) is 5.82 Å². The Balaban J connectivity index is 1.70. The third kappa shape index (κ3) is 6.84. The number of benzene rings is 2. The number of amides is 1. The number of carbonyl (C=O) groups is 1. The van der Waals surface area contributed by atoms with Gasteiger partial charge in [-0.1, -0.05) is 0 Å². The van der Waals surface area contributed by atoms with Gasteiger partial charge in [-0.25, -0.2) is 9.37 Å². The average molecular weight is 545 g/mol. The van der Waals surface area contributed by atoms with Gasteiger partial charge in [0, 0.05) is 31.1 Å². The second-order valence-electron chi connectivity index (χ2n) is 9.06. The molecule has 0 saturated heterocycles. The SMILES string of the molecule is COc1cc(OC)cc(C(C)NC(=O)c2cc(CNC3=NCCC3)cc(-c3ccc(F)cc3C(F)(F)F)n2)c1. The third-order valence-electron chi connectivity index (χ3n) is 6.27. The van der Waals surface area contributed by atoms with Gasteiger partial charge in [-0.15, -0.1) is 0 Å². The first-order valence-electron chi connectivity index (χ1n) is 12.3. The van der Waals surface area contributed by atoms with Crippen LogP contribution >= 0.6 is 0 Å². The van der Waals surface area contributed by atoms with Crippen LogP contribution in [-0.2, 0) is 12.7 Å². The highest BCUT2D eigenvalue weighted by Crippen LogP contribution is 2.37. The molecular formula is C28H28F4N4O3. The van der Waals surface area contributed by atoms with Crippen molar-refractivity contribution in [3.63, 3.8) is 0 Å². The number of pyridine rings is 1. The van der Waals surface area contributed by atoms with Crippen molar-refractivity contribution >= 4 is 11.7 Å². The van der Waals surface area contributed by atoms with Crippen LogP contribution in [0.2, 0.25) is 0 Å². The minimum absolute atomic E-state index is 0.0863. The van der Waals surface area contributed by atoms with Crippen molar-refractivity contribution in [2.75, 3.05) is 20.8 Å². The quantitative estimate of drug-likeness (QED) is 0.356. The monoisotopic (exact) mass is 544 g/mol. The lowest BCUT2D eigenvalue weighted by Crippen LogP contribution is -2.28. The Labute approximate surface area is 223 Å². The summed E-state index contributed by atoms with van der Waals surface area (Å²) in [6.45, 7) is 2.67. The first-order valence-corrected chi connectivity index (χ1v) is 12.3. The Morgan fingerprint density at radius 3 is 2.38 bits per heavy atom. The predicted octanol–water partition coefficient (Wildman–Crippen LogP) is 5.70. The number of nitrogens with zero attached hydrogens (tertiary/aromatic N) is 2. The van der Waals surface area contributed by atoms with Crippen LogP contribution in [0.5, 0.6) is 11.5 Å². The van der Waals surface area contributed by atoms with Crippen LogP contribution in [0.4, 0.5) is 17.6 Å². The number of aromatic nitrogens is 1. The molecule has 0 aliphatic carbocycles. The van der Waals surface area contributed by atoms with Gasteiger partial charge < -0.3 is 20.1 Å². The predicted molar refractivity (Wildman–Crippen MR) is 138 cm³/mol. The number of aliphatic imine (C=N–C) groups is 1. The summed E-state index contributed by atoms with van der Waals surface area (Å²) in [6, 6.07) is 10.00. The zero-order chi connectivity index (χ0) is 28.2. The molecule has 7 nitrogen and oxygen atoms in total. The van der Waals surface area contributed by atoms with Crippen molar-refractivity contribution in [1.29, 1.82) is 0 Å². The molecule has 0 fully saturated rings. The van der Waals surface area contributed by atoms with Crippen molar-refractivity contribution in [3.05, 3.63) is 76.7 Å². The molecule has 2 aromatic carbocycles. The molecule has 1 atom stereocenters. The maximum Gasteiger partial charge on any atom is 0.417 e. The molecule has 206 valence electrons. The van der Waals surface area contributed by atoms with E-state index in [0.29, 0.717) is 35.2 Å². The highest BCUT2D eigenvalue weighted by Gasteiger charge is 2.35. The summed E-state index contributed by atoms with van der Waals surface area (Å²) in [4.78, 5) is 21.9. The molecular weight excluding hydrogens is 516 g/mol. The fraction of sp³-hybridized carbons (Fsp3) is 0.321. The second-order valence-corrected chi connectivity index (χ2v) is 9.06. The zero-order valence-electron chi connectivity index (χ0n) is 21.7. The number of hydrogen-bond acceptors (Lipinski definition) is 6. The molecule has 3 aromatic rings. The highest BCUT2D eigenvalue weighted by molar-refractivity contribution is 5.93. The summed E-state index contributed by atoms with van der Waals surface area (Å²) in [7, 11) is 3.02. The van der Waals surface area contributed by atoms with Crippen molar-refractivity contribution in [2.24, 2.45) is 4.99 Å². The zero-order valence-corrected chi connectivity index (χ0v) is 21.7. The molecule has 39 heavy (non-hydrogen) atoms. The smallest absolute Gasteiger partial charge is 0.417 e. The number of nitrogens with one attached hydrogen (secondary N) is 2. The van der Waals surface area contributed by atoms with Gasteiger partial charge in [0.1, 0.15) is 23.0 Å². The van der Waals surface area contributed by atoms with Crippen LogP contribution < -0.4 is 20.1 Å². The lowest BCUT2D eigenvalue weighted by Gasteiger charge is -2.18. The number of ether oxygens (including phenoxy) is 2. The van der Waals surface area contributed by atoms with Gasteiger partial charge >= 0.3 is 6.18 Å². The van der Waals surface area contributed by atoms with Crippen molar-refractivity contribution in [1.82, 2.24) is 15.6 Å². The van der Waals surface area contributed by atoms with E-state index >= 15 is 0 Å². The molecule has 1 aliphatic heterocycles. The first kappa shape index (κ1) is 27.9. The van der Waals surface area contributed by atoms with Crippen LogP contribution in [0.3, 0.4) is 0 Å². The fourth-order valence-corrected chi connectivity index (χ4v) is 4.24. The Kier molecular flexibility index (Phi) is 8.37. The van der Waals surface area contributed by atoms with E-state index in [1.54, 1.807) is 25.1 Å². The van der Waals surface area contributed by atoms with Crippen LogP contribution in [-0.4, -0.2) is 37.5 Å². The second kappa shape index (κ2) is 11.7. The van der Waals surface area contributed by atoms with E-state index in [4.69, 9.17) is 9.47 Å². The van der Waals surface area contributed by atoms with E-state index in [1.165, 1.54) is 26.4 Å². The molecule has 11 heteroatoms. The number of amidine groups is 1. The summed E-state index contributed by atoms with van der Waals surface area (Å²) < 4.78 is 65.7. The topological polar surface area (TPSA) is 84.8 Å². The standard InChI is InChI=1S/C28H28F4N4O3/c1-16(18-11-20(38-2)14-21(12-18)39-3)35-27(37)25-10-17(15-34-26-5-4-8-33-26)9-24(36-25)22-7-6-19(29)13-23(22)28(30,31)32/h6-7,9-14,16H,4-5,8,15H2,1-3H3,(H,33,34)(H,35,37). The fourth-order valence-electron chi connectivity index (χ4n) is 4.24. The van der Waals surface area contributed by atoms with Crippen molar-refractivity contribution in [3.8, 4) is 22.8 Å². The summed E-state index contributed by atoms with van der Waals surface area (Å²) in [5.74, 6) is 0.233. The number of hydrogen-bond donors (Lipinski definition) is 2. The molecule has 1 unspecified atom stereocenters. The number of methoxy groups -OCH3 is 2. The number of halogens is 4. The van der Waals surface area contributed by atoms with E-state index < -0.39 is 29.5 Å². The Bertz CT molecular complexity index is 1370. The third-order valence-corrected chi connectivity index (χ3v) is 6.27. The molecule has 1 amide bonds. The molecule has 0 spiro atoms. The van der Waals surface area contributed by atoms with Crippen LogP contribution in [0.25, 0.3) is 11.3 Å². The lowest BCUT2D eigenvalue weighted by molar-refractivity contribution is -0.137. The van der Waals surface area contributed by atoms with Gasteiger partial charge in [-0.05, 0) is 66.9 Å². The maximum absolute atomic E-state index is 13.8. The molecule has 2 N–H and O–H groups in total. The van der Waals surface area contributed by atoms with Gasteiger partial charge in [0.25, 0.3) is 5.91 Å². The van der Waals surface area contributed by atoms with E-state index in [2.05, 4.69) is 20.6 Å². The molecule has 2 heterocycles. The summed E-state index contributed by atoms with van der Waals surface area (Å²) in [6.07, 6.45) is -3.15. The minimum atomic E-state index is -4.83. The van der Waals surface area contributed by atoms with E-state index in [-0.39, 0.29) is 23.5 Å². The first-order chi connectivity index (χ1) is 18.6. The van der Waals surface area contributed by atoms with Crippen LogP contribution in [0.15, 0.2) is 53.5 Å². The van der Waals surface area contributed by atoms with Gasteiger partial charge in [0.2, 0.25) is 0 Å². The number of carbonyl (C=O) groups excluding carboxylic acids is 1. The molecule has 0 saturated carbocycles. The lowest BCUT2D eigenvalue weighted by atomic mass is 10.0. The number of rotatable bonds is 8. The summed E-state index contributed by atoms with van der Waals surface area (Å²) >= 11 is 0. The van der Waals surface area contributed by atoms with Gasteiger partial charge in [0.05, 0.1) is 37.4 Å². The van der Waals surface area contributed by atoms with Gasteiger partial charge in [0.15, 0.2) is 0 Å². The van der Waals surface area contributed by atoms with E-state index in [0.717, 1.165) is 30.8 Å². The molecule has 4 rings (SSSR count). The largest absolute Gasteiger partial charge is 0.497 e. The Morgan fingerprint density at radius 1 is 1.05 bits per heavy atom. The Morgan fingerprint density at radius 2 is 1.77 bits per heavy atom. The molecule has 1 aliphatic rings. The van der Waals surface area contributed by atoms with Crippen molar-refractivity contribution in [2.45, 2.75) is 38.5 Å². The van der Waals surface area contributed by atoms with E-state index in [1.807, 2.05) is 0 Å². The van der Waals surface area contributed by atoms with Gasteiger partial charge in [-0.3, -0.25) is 9.79 Å². The Hall–Kier alpha value is -4.15. The molecule has 0 radical (unpaired) electrons.